The highest BCUT2D eigenvalue weighted by Crippen LogP contribution is 2.40. The molecule has 11 heteroatoms. The van der Waals surface area contributed by atoms with Crippen molar-refractivity contribution in [2.75, 3.05) is 19.0 Å². The maximum absolute atomic E-state index is 14.3. The van der Waals surface area contributed by atoms with Gasteiger partial charge in [0, 0.05) is 32.4 Å². The van der Waals surface area contributed by atoms with E-state index < -0.39 is 23.5 Å². The third kappa shape index (κ3) is 4.56. The fraction of sp³-hybridized carbons (Fsp3) is 0.133. The lowest BCUT2D eigenvalue weighted by atomic mass is 9.92. The first-order valence-corrected chi connectivity index (χ1v) is 14.2. The Hall–Kier alpha value is -4.18. The topological polar surface area (TPSA) is 99.0 Å². The normalized spacial score (nSPS) is 17.0. The first kappa shape index (κ1) is 27.0. The average Bonchev–Trinajstić information content (AvgIpc) is 3.46. The molecule has 4 aromatic rings. The summed E-state index contributed by atoms with van der Waals surface area (Å²) in [5.41, 5.74) is 2.33. The number of carbonyl (C=O) groups is 2. The number of amides is 1. The Morgan fingerprint density at radius 1 is 1.05 bits per heavy atom. The van der Waals surface area contributed by atoms with Crippen LogP contribution in [0, 0.1) is 0 Å². The molecule has 1 N–H and O–H groups in total. The van der Waals surface area contributed by atoms with Crippen LogP contribution in [0.1, 0.15) is 29.7 Å². The fourth-order valence-electron chi connectivity index (χ4n) is 5.07. The van der Waals surface area contributed by atoms with Crippen LogP contribution in [0.4, 0.5) is 5.69 Å². The molecule has 2 aliphatic rings. The number of fused-ring (bicyclic) bond motifs is 2. The third-order valence-corrected chi connectivity index (χ3v) is 8.31. The van der Waals surface area contributed by atoms with Crippen LogP contribution in [-0.4, -0.2) is 30.2 Å². The number of hydrogen-bond acceptors (Lipinski definition) is 7. The maximum atomic E-state index is 14.3. The summed E-state index contributed by atoms with van der Waals surface area (Å²) in [6, 6.07) is 18.1. The minimum atomic E-state index is -1.02. The Bertz CT molecular complexity index is 1960. The molecule has 0 aliphatic carbocycles. The van der Waals surface area contributed by atoms with E-state index >= 15 is 0 Å². The number of hydrogen-bond donors (Lipinski definition) is 1. The van der Waals surface area contributed by atoms with Crippen molar-refractivity contribution in [1.82, 2.24) is 4.57 Å². The van der Waals surface area contributed by atoms with Gasteiger partial charge in [0.05, 0.1) is 30.6 Å². The minimum absolute atomic E-state index is 0.107. The molecule has 0 saturated carbocycles. The molecule has 3 heterocycles. The summed E-state index contributed by atoms with van der Waals surface area (Å²) in [5.74, 6) is -0.669. The summed E-state index contributed by atoms with van der Waals surface area (Å²) in [7, 11) is 1.49. The van der Waals surface area contributed by atoms with Gasteiger partial charge in [0.1, 0.15) is 16.3 Å². The molecule has 2 aliphatic heterocycles. The van der Waals surface area contributed by atoms with Crippen molar-refractivity contribution in [1.29, 1.82) is 0 Å². The SMILES string of the molecule is CCOC(=O)C1=C(c2ccccc2)N=c2s/c(=C3/C(=O)Nc4ccc(Cl)cc43)c(=O)n2[C@H]1c1cc(Cl)ccc1OC. The predicted molar refractivity (Wildman–Crippen MR) is 158 cm³/mol. The van der Waals surface area contributed by atoms with E-state index in [4.69, 9.17) is 37.7 Å². The molecule has 1 amide bonds. The summed E-state index contributed by atoms with van der Waals surface area (Å²) in [4.78, 5) is 46.3. The van der Waals surface area contributed by atoms with Crippen LogP contribution >= 0.6 is 34.5 Å². The first-order chi connectivity index (χ1) is 19.8. The molecule has 0 saturated heterocycles. The number of anilines is 1. The van der Waals surface area contributed by atoms with Crippen LogP contribution in [0.3, 0.4) is 0 Å². The van der Waals surface area contributed by atoms with E-state index in [0.717, 1.165) is 11.3 Å². The third-order valence-electron chi connectivity index (χ3n) is 6.79. The molecule has 0 radical (unpaired) electrons. The number of aromatic nitrogens is 1. The van der Waals surface area contributed by atoms with Crippen LogP contribution in [0.25, 0.3) is 11.3 Å². The van der Waals surface area contributed by atoms with E-state index in [2.05, 4.69) is 5.32 Å². The zero-order valence-electron chi connectivity index (χ0n) is 21.7. The van der Waals surface area contributed by atoms with Gasteiger partial charge in [0.2, 0.25) is 0 Å². The number of ether oxygens (including phenoxy) is 2. The molecule has 1 atom stereocenters. The van der Waals surface area contributed by atoms with Gasteiger partial charge in [-0.25, -0.2) is 9.79 Å². The van der Waals surface area contributed by atoms with Crippen molar-refractivity contribution in [3.63, 3.8) is 0 Å². The van der Waals surface area contributed by atoms with E-state index in [9.17, 15) is 14.4 Å². The largest absolute Gasteiger partial charge is 0.496 e. The van der Waals surface area contributed by atoms with Crippen LogP contribution < -0.4 is 24.9 Å². The highest BCUT2D eigenvalue weighted by atomic mass is 35.5. The number of nitrogens with one attached hydrogen (secondary N) is 1. The smallest absolute Gasteiger partial charge is 0.338 e. The lowest BCUT2D eigenvalue weighted by Gasteiger charge is -2.27. The molecular formula is C30H21Cl2N3O5S. The van der Waals surface area contributed by atoms with Gasteiger partial charge in [0.15, 0.2) is 4.80 Å². The molecule has 1 aromatic heterocycles. The fourth-order valence-corrected chi connectivity index (χ4v) is 6.52. The number of thiazole rings is 1. The summed E-state index contributed by atoms with van der Waals surface area (Å²) >= 11 is 13.7. The van der Waals surface area contributed by atoms with Crippen LogP contribution in [-0.2, 0) is 14.3 Å². The molecule has 0 bridgehead atoms. The zero-order chi connectivity index (χ0) is 28.8. The predicted octanol–water partition coefficient (Wildman–Crippen LogP) is 4.57. The van der Waals surface area contributed by atoms with E-state index in [1.807, 2.05) is 30.3 Å². The van der Waals surface area contributed by atoms with Gasteiger partial charge in [-0.3, -0.25) is 14.2 Å². The Kier molecular flexibility index (Phi) is 7.03. The van der Waals surface area contributed by atoms with Crippen LogP contribution in [0.2, 0.25) is 10.0 Å². The second kappa shape index (κ2) is 10.7. The summed E-state index contributed by atoms with van der Waals surface area (Å²) in [6.07, 6.45) is 0. The number of methoxy groups -OCH3 is 1. The van der Waals surface area contributed by atoms with Gasteiger partial charge in [-0.05, 0) is 43.3 Å². The first-order valence-electron chi connectivity index (χ1n) is 12.6. The van der Waals surface area contributed by atoms with Gasteiger partial charge in [-0.15, -0.1) is 0 Å². The maximum Gasteiger partial charge on any atom is 0.338 e. The lowest BCUT2D eigenvalue weighted by Crippen LogP contribution is -2.40. The zero-order valence-corrected chi connectivity index (χ0v) is 24.1. The van der Waals surface area contributed by atoms with Crippen molar-refractivity contribution in [3.05, 3.63) is 119 Å². The van der Waals surface area contributed by atoms with Gasteiger partial charge in [0.25, 0.3) is 11.5 Å². The Balaban J connectivity index is 1.76. The molecule has 0 fully saturated rings. The lowest BCUT2D eigenvalue weighted by molar-refractivity contribution is -0.138. The number of benzene rings is 3. The molecule has 6 rings (SSSR count). The molecule has 206 valence electrons. The highest BCUT2D eigenvalue weighted by Gasteiger charge is 2.38. The number of rotatable bonds is 5. The number of esters is 1. The van der Waals surface area contributed by atoms with Crippen molar-refractivity contribution in [2.45, 2.75) is 13.0 Å². The minimum Gasteiger partial charge on any atom is -0.496 e. The average molecular weight is 606 g/mol. The standard InChI is InChI=1S/C30H21Cl2N3O5S/c1-3-40-29(38)23-24(15-7-5-4-6-8-15)34-30-35(25(23)19-14-17(32)10-12-21(19)39-2)28(37)26(41-30)22-18-13-16(31)9-11-20(18)33-27(22)36/h4-14,25H,3H2,1-2H3,(H,33,36)/b26-22+/t25-/m0/s1. The van der Waals surface area contributed by atoms with Gasteiger partial charge < -0.3 is 14.8 Å². The molecule has 3 aromatic carbocycles. The van der Waals surface area contributed by atoms with Gasteiger partial charge >= 0.3 is 5.97 Å². The van der Waals surface area contributed by atoms with Crippen molar-refractivity contribution in [2.24, 2.45) is 4.99 Å². The van der Waals surface area contributed by atoms with E-state index in [0.29, 0.717) is 48.7 Å². The molecule has 0 spiro atoms. The van der Waals surface area contributed by atoms with E-state index in [-0.39, 0.29) is 22.3 Å². The van der Waals surface area contributed by atoms with E-state index in [1.165, 1.54) is 11.7 Å². The van der Waals surface area contributed by atoms with Gasteiger partial charge in [-0.1, -0.05) is 64.9 Å². The van der Waals surface area contributed by atoms with Gasteiger partial charge in [-0.2, -0.15) is 0 Å². The second-order valence-corrected chi connectivity index (χ2v) is 11.0. The van der Waals surface area contributed by atoms with Crippen LogP contribution in [0.5, 0.6) is 5.75 Å². The molecule has 8 nitrogen and oxygen atoms in total. The number of halogens is 2. The van der Waals surface area contributed by atoms with E-state index in [1.54, 1.807) is 43.3 Å². The molecule has 41 heavy (non-hydrogen) atoms. The Labute approximate surface area is 247 Å². The molecular weight excluding hydrogens is 585 g/mol. The second-order valence-electron chi connectivity index (χ2n) is 9.16. The summed E-state index contributed by atoms with van der Waals surface area (Å²) < 4.78 is 12.7. The quantitative estimate of drug-likeness (QED) is 0.336. The molecule has 0 unspecified atom stereocenters. The number of nitrogens with zero attached hydrogens (tertiary/aromatic N) is 2. The van der Waals surface area contributed by atoms with Crippen molar-refractivity contribution >= 4 is 63.4 Å². The van der Waals surface area contributed by atoms with Crippen LogP contribution in [0.15, 0.2) is 82.1 Å². The summed E-state index contributed by atoms with van der Waals surface area (Å²) in [5, 5.41) is 3.60. The Morgan fingerprint density at radius 2 is 1.78 bits per heavy atom. The monoisotopic (exact) mass is 605 g/mol. The highest BCUT2D eigenvalue weighted by molar-refractivity contribution is 7.07. The number of carbonyl (C=O) groups excluding carboxylic acids is 2. The Morgan fingerprint density at radius 3 is 2.51 bits per heavy atom. The van der Waals surface area contributed by atoms with Crippen molar-refractivity contribution < 1.29 is 19.1 Å². The van der Waals surface area contributed by atoms with Crippen molar-refractivity contribution in [3.8, 4) is 5.75 Å². The summed E-state index contributed by atoms with van der Waals surface area (Å²) in [6.45, 7) is 1.81.